The van der Waals surface area contributed by atoms with Gasteiger partial charge in [0.25, 0.3) is 5.91 Å². The Labute approximate surface area is 194 Å². The molecule has 4 aromatic carbocycles. The molecule has 2 atom stereocenters. The number of hydrogen-bond donors (Lipinski definition) is 2. The minimum Gasteiger partial charge on any atom is -0.488 e. The van der Waals surface area contributed by atoms with Crippen molar-refractivity contribution in [2.75, 3.05) is 13.1 Å². The molecule has 2 unspecified atom stereocenters. The predicted octanol–water partition coefficient (Wildman–Crippen LogP) is 4.77. The largest absolute Gasteiger partial charge is 0.488 e. The number of nitrogens with one attached hydrogen (secondary N) is 2. The van der Waals surface area contributed by atoms with Crippen molar-refractivity contribution in [3.63, 3.8) is 0 Å². The number of benzene rings is 4. The third-order valence-corrected chi connectivity index (χ3v) is 6.17. The van der Waals surface area contributed by atoms with Crippen molar-refractivity contribution in [2.24, 2.45) is 0 Å². The molecule has 4 aromatic rings. The van der Waals surface area contributed by atoms with Gasteiger partial charge in [-0.1, -0.05) is 84.9 Å². The van der Waals surface area contributed by atoms with Crippen LogP contribution in [0.1, 0.15) is 21.5 Å². The fraction of sp³-hybridized carbons (Fsp3) is 0.207. The van der Waals surface area contributed by atoms with Gasteiger partial charge in [-0.3, -0.25) is 4.79 Å². The van der Waals surface area contributed by atoms with E-state index in [0.29, 0.717) is 12.1 Å². The Bertz CT molecular complexity index is 1210. The van der Waals surface area contributed by atoms with Crippen molar-refractivity contribution in [1.29, 1.82) is 0 Å². The average Bonchev–Trinajstić information content (AvgIpc) is 3.27. The van der Waals surface area contributed by atoms with E-state index in [4.69, 9.17) is 4.74 Å². The second kappa shape index (κ2) is 9.88. The van der Waals surface area contributed by atoms with Crippen molar-refractivity contribution in [2.45, 2.75) is 25.0 Å². The van der Waals surface area contributed by atoms with E-state index < -0.39 is 0 Å². The first-order valence-electron chi connectivity index (χ1n) is 11.5. The molecular weight excluding hydrogens is 408 g/mol. The van der Waals surface area contributed by atoms with Crippen LogP contribution in [0.3, 0.4) is 0 Å². The van der Waals surface area contributed by atoms with Crippen LogP contribution in [-0.4, -0.2) is 31.1 Å². The van der Waals surface area contributed by atoms with Gasteiger partial charge in [-0.15, -0.1) is 0 Å². The van der Waals surface area contributed by atoms with Crippen LogP contribution in [0.25, 0.3) is 10.8 Å². The summed E-state index contributed by atoms with van der Waals surface area (Å²) in [6.45, 7) is 1.41. The number of carbonyl (C=O) groups is 1. The molecule has 1 aliphatic heterocycles. The van der Waals surface area contributed by atoms with Gasteiger partial charge in [-0.05, 0) is 40.5 Å². The van der Waals surface area contributed by atoms with Crippen molar-refractivity contribution in [3.8, 4) is 5.75 Å². The molecule has 33 heavy (non-hydrogen) atoms. The molecule has 0 saturated carbocycles. The highest BCUT2D eigenvalue weighted by molar-refractivity contribution is 6.07. The summed E-state index contributed by atoms with van der Waals surface area (Å²) in [5.41, 5.74) is 3.17. The highest BCUT2D eigenvalue weighted by Crippen LogP contribution is 2.27. The molecule has 0 aliphatic carbocycles. The second-order valence-electron chi connectivity index (χ2n) is 8.60. The number of rotatable bonds is 8. The first-order chi connectivity index (χ1) is 16.3. The fourth-order valence-electron chi connectivity index (χ4n) is 4.55. The van der Waals surface area contributed by atoms with E-state index in [9.17, 15) is 4.79 Å². The molecule has 0 bridgehead atoms. The lowest BCUT2D eigenvalue weighted by Gasteiger charge is -2.21. The maximum Gasteiger partial charge on any atom is 0.252 e. The fourth-order valence-corrected chi connectivity index (χ4v) is 4.55. The van der Waals surface area contributed by atoms with Gasteiger partial charge in [0.05, 0.1) is 0 Å². The Morgan fingerprint density at radius 2 is 1.64 bits per heavy atom. The van der Waals surface area contributed by atoms with Gasteiger partial charge in [0, 0.05) is 31.1 Å². The molecule has 4 nitrogen and oxygen atoms in total. The Balaban J connectivity index is 1.26. The number of para-hydroxylation sites is 1. The van der Waals surface area contributed by atoms with Gasteiger partial charge < -0.3 is 15.4 Å². The summed E-state index contributed by atoms with van der Waals surface area (Å²) in [5.74, 6) is 0.938. The number of amides is 1. The lowest BCUT2D eigenvalue weighted by molar-refractivity contribution is 0.0937. The third-order valence-electron chi connectivity index (χ3n) is 6.17. The van der Waals surface area contributed by atoms with Crippen molar-refractivity contribution >= 4 is 16.7 Å². The Morgan fingerprint density at radius 1 is 0.879 bits per heavy atom. The first kappa shape index (κ1) is 21.2. The van der Waals surface area contributed by atoms with E-state index in [-0.39, 0.29) is 18.1 Å². The molecule has 0 saturated heterocycles. The van der Waals surface area contributed by atoms with Crippen molar-refractivity contribution in [3.05, 3.63) is 114 Å². The standard InChI is InChI=1S/C29H28N2O2/c32-29(27-15-8-13-22-11-4-6-14-26(22)27)31-24(17-21-9-2-1-3-10-21)19-30-20-25-18-23-12-5-7-16-28(23)33-25/h1-16,24-25,30H,17-20H2,(H,31,32). The lowest BCUT2D eigenvalue weighted by atomic mass is 10.0. The molecule has 2 N–H and O–H groups in total. The number of hydrogen-bond acceptors (Lipinski definition) is 3. The molecule has 0 spiro atoms. The number of fused-ring (bicyclic) bond motifs is 2. The monoisotopic (exact) mass is 436 g/mol. The van der Waals surface area contributed by atoms with Gasteiger partial charge in [0.15, 0.2) is 0 Å². The zero-order chi connectivity index (χ0) is 22.5. The molecule has 0 radical (unpaired) electrons. The summed E-state index contributed by atoms with van der Waals surface area (Å²) in [7, 11) is 0. The van der Waals surface area contributed by atoms with Gasteiger partial charge in [0.2, 0.25) is 0 Å². The van der Waals surface area contributed by atoms with E-state index in [1.807, 2.05) is 72.8 Å². The van der Waals surface area contributed by atoms with E-state index in [1.165, 1.54) is 11.1 Å². The Hall–Kier alpha value is -3.63. The zero-order valence-corrected chi connectivity index (χ0v) is 18.5. The first-order valence-corrected chi connectivity index (χ1v) is 11.5. The molecule has 1 amide bonds. The van der Waals surface area contributed by atoms with Crippen LogP contribution in [0.4, 0.5) is 0 Å². The number of carbonyl (C=O) groups excluding carboxylic acids is 1. The lowest BCUT2D eigenvalue weighted by Crippen LogP contribution is -2.45. The molecule has 1 aliphatic rings. The van der Waals surface area contributed by atoms with Gasteiger partial charge in [-0.2, -0.15) is 0 Å². The smallest absolute Gasteiger partial charge is 0.252 e. The molecule has 1 heterocycles. The highest BCUT2D eigenvalue weighted by Gasteiger charge is 2.23. The van der Waals surface area contributed by atoms with Crippen LogP contribution < -0.4 is 15.4 Å². The van der Waals surface area contributed by atoms with Crippen LogP contribution in [0.15, 0.2) is 97.1 Å². The minimum absolute atomic E-state index is 0.0392. The third kappa shape index (κ3) is 5.07. The summed E-state index contributed by atoms with van der Waals surface area (Å²) in [5, 5.41) is 8.85. The molecule has 5 rings (SSSR count). The van der Waals surface area contributed by atoms with Crippen LogP contribution in [0.5, 0.6) is 5.75 Å². The van der Waals surface area contributed by atoms with Crippen LogP contribution >= 0.6 is 0 Å². The Morgan fingerprint density at radius 3 is 2.52 bits per heavy atom. The maximum atomic E-state index is 13.3. The molecule has 0 aromatic heterocycles. The van der Waals surface area contributed by atoms with Crippen LogP contribution in [-0.2, 0) is 12.8 Å². The molecule has 166 valence electrons. The van der Waals surface area contributed by atoms with Crippen molar-refractivity contribution in [1.82, 2.24) is 10.6 Å². The normalized spacial score (nSPS) is 15.6. The quantitative estimate of drug-likeness (QED) is 0.418. The zero-order valence-electron chi connectivity index (χ0n) is 18.5. The van der Waals surface area contributed by atoms with Gasteiger partial charge >= 0.3 is 0 Å². The summed E-state index contributed by atoms with van der Waals surface area (Å²) in [6, 6.07) is 32.4. The summed E-state index contributed by atoms with van der Waals surface area (Å²) in [4.78, 5) is 13.3. The molecule has 0 fully saturated rings. The Kier molecular flexibility index (Phi) is 6.36. The highest BCUT2D eigenvalue weighted by atomic mass is 16.5. The average molecular weight is 437 g/mol. The second-order valence-corrected chi connectivity index (χ2v) is 8.60. The minimum atomic E-state index is -0.0425. The van der Waals surface area contributed by atoms with E-state index in [2.05, 4.69) is 34.9 Å². The van der Waals surface area contributed by atoms with Gasteiger partial charge in [0.1, 0.15) is 11.9 Å². The summed E-state index contributed by atoms with van der Waals surface area (Å²) >= 11 is 0. The topological polar surface area (TPSA) is 50.4 Å². The number of ether oxygens (including phenoxy) is 1. The summed E-state index contributed by atoms with van der Waals surface area (Å²) in [6.07, 6.45) is 1.79. The van der Waals surface area contributed by atoms with Crippen molar-refractivity contribution < 1.29 is 9.53 Å². The molecular formula is C29H28N2O2. The SMILES string of the molecule is O=C(NC(CNCC1Cc2ccccc2O1)Cc1ccccc1)c1cccc2ccccc12. The van der Waals surface area contributed by atoms with E-state index in [1.54, 1.807) is 0 Å². The van der Waals surface area contributed by atoms with Crippen LogP contribution in [0, 0.1) is 0 Å². The molecule has 4 heteroatoms. The van der Waals surface area contributed by atoms with Gasteiger partial charge in [-0.25, -0.2) is 0 Å². The van der Waals surface area contributed by atoms with E-state index >= 15 is 0 Å². The van der Waals surface area contributed by atoms with E-state index in [0.717, 1.165) is 35.9 Å². The predicted molar refractivity (Wildman–Crippen MR) is 133 cm³/mol. The maximum absolute atomic E-state index is 13.3. The summed E-state index contributed by atoms with van der Waals surface area (Å²) < 4.78 is 6.06. The van der Waals surface area contributed by atoms with Crippen LogP contribution in [0.2, 0.25) is 0 Å².